The van der Waals surface area contributed by atoms with Crippen LogP contribution in [0, 0.1) is 6.92 Å². The standard InChI is InChI=1S/C14H22N2O2/c1-10-5-6-11(13(17)18)9-12(10)15-7-8-16-14(2,3)4/h5-6,9,15-16H,7-8H2,1-4H3,(H,17,18). The quantitative estimate of drug-likeness (QED) is 0.703. The summed E-state index contributed by atoms with van der Waals surface area (Å²) in [4.78, 5) is 10.9. The molecule has 0 unspecified atom stereocenters. The zero-order chi connectivity index (χ0) is 13.8. The summed E-state index contributed by atoms with van der Waals surface area (Å²) in [7, 11) is 0. The molecule has 0 atom stereocenters. The van der Waals surface area contributed by atoms with Gasteiger partial charge in [0.05, 0.1) is 5.56 Å². The van der Waals surface area contributed by atoms with Gasteiger partial charge in [0.15, 0.2) is 0 Å². The lowest BCUT2D eigenvalue weighted by molar-refractivity contribution is 0.0697. The summed E-state index contributed by atoms with van der Waals surface area (Å²) in [6.45, 7) is 9.91. The van der Waals surface area contributed by atoms with E-state index in [1.807, 2.05) is 13.0 Å². The van der Waals surface area contributed by atoms with E-state index < -0.39 is 5.97 Å². The summed E-state index contributed by atoms with van der Waals surface area (Å²) < 4.78 is 0. The molecule has 1 rings (SSSR count). The highest BCUT2D eigenvalue weighted by molar-refractivity contribution is 5.89. The summed E-state index contributed by atoms with van der Waals surface area (Å²) >= 11 is 0. The van der Waals surface area contributed by atoms with Crippen molar-refractivity contribution in [2.24, 2.45) is 0 Å². The fourth-order valence-corrected chi connectivity index (χ4v) is 1.58. The van der Waals surface area contributed by atoms with Crippen LogP contribution >= 0.6 is 0 Å². The molecule has 0 bridgehead atoms. The van der Waals surface area contributed by atoms with Crippen molar-refractivity contribution in [3.05, 3.63) is 29.3 Å². The van der Waals surface area contributed by atoms with E-state index in [1.54, 1.807) is 12.1 Å². The van der Waals surface area contributed by atoms with E-state index in [2.05, 4.69) is 31.4 Å². The molecule has 0 aromatic heterocycles. The van der Waals surface area contributed by atoms with Gasteiger partial charge in [-0.1, -0.05) is 6.07 Å². The first-order chi connectivity index (χ1) is 8.29. The summed E-state index contributed by atoms with van der Waals surface area (Å²) in [5.74, 6) is -0.897. The van der Waals surface area contributed by atoms with E-state index in [4.69, 9.17) is 5.11 Å². The first-order valence-corrected chi connectivity index (χ1v) is 6.12. The normalized spacial score (nSPS) is 11.3. The number of carbonyl (C=O) groups is 1. The Morgan fingerprint density at radius 2 is 1.94 bits per heavy atom. The zero-order valence-corrected chi connectivity index (χ0v) is 11.5. The second kappa shape index (κ2) is 5.87. The third kappa shape index (κ3) is 4.75. The molecular weight excluding hydrogens is 228 g/mol. The van der Waals surface area contributed by atoms with Crippen LogP contribution in [0.2, 0.25) is 0 Å². The molecule has 4 heteroatoms. The average Bonchev–Trinajstić information content (AvgIpc) is 2.24. The Labute approximate surface area is 108 Å². The number of hydrogen-bond donors (Lipinski definition) is 3. The number of aromatic carboxylic acids is 1. The van der Waals surface area contributed by atoms with Crippen LogP contribution in [0.15, 0.2) is 18.2 Å². The Hall–Kier alpha value is -1.55. The third-order valence-corrected chi connectivity index (χ3v) is 2.58. The van der Waals surface area contributed by atoms with Crippen molar-refractivity contribution in [2.75, 3.05) is 18.4 Å². The predicted octanol–water partition coefficient (Wildman–Crippen LogP) is 2.49. The minimum Gasteiger partial charge on any atom is -0.478 e. The highest BCUT2D eigenvalue weighted by Crippen LogP contribution is 2.16. The Morgan fingerprint density at radius 1 is 1.28 bits per heavy atom. The lowest BCUT2D eigenvalue weighted by Gasteiger charge is -2.21. The molecule has 0 spiro atoms. The minimum atomic E-state index is -0.897. The molecule has 0 radical (unpaired) electrons. The number of benzene rings is 1. The summed E-state index contributed by atoms with van der Waals surface area (Å²) in [5, 5.41) is 15.6. The number of carboxylic acid groups (broad SMARTS) is 1. The topological polar surface area (TPSA) is 61.4 Å². The van der Waals surface area contributed by atoms with Crippen LogP contribution < -0.4 is 10.6 Å². The number of anilines is 1. The molecule has 0 aliphatic heterocycles. The maximum Gasteiger partial charge on any atom is 0.335 e. The van der Waals surface area contributed by atoms with Gasteiger partial charge in [-0.05, 0) is 45.4 Å². The van der Waals surface area contributed by atoms with E-state index in [1.165, 1.54) is 0 Å². The number of rotatable bonds is 5. The molecule has 0 heterocycles. The largest absolute Gasteiger partial charge is 0.478 e. The number of carboxylic acids is 1. The van der Waals surface area contributed by atoms with Crippen molar-refractivity contribution >= 4 is 11.7 Å². The highest BCUT2D eigenvalue weighted by atomic mass is 16.4. The van der Waals surface area contributed by atoms with Gasteiger partial charge in [-0.3, -0.25) is 0 Å². The number of hydrogen-bond acceptors (Lipinski definition) is 3. The molecule has 4 nitrogen and oxygen atoms in total. The van der Waals surface area contributed by atoms with Crippen LogP contribution in [0.3, 0.4) is 0 Å². The SMILES string of the molecule is Cc1ccc(C(=O)O)cc1NCCNC(C)(C)C. The molecule has 1 aromatic rings. The molecule has 100 valence electrons. The summed E-state index contributed by atoms with van der Waals surface area (Å²) in [6.07, 6.45) is 0. The van der Waals surface area contributed by atoms with Gasteiger partial charge in [0, 0.05) is 24.3 Å². The van der Waals surface area contributed by atoms with Crippen LogP contribution in [0.25, 0.3) is 0 Å². The number of nitrogens with one attached hydrogen (secondary N) is 2. The molecule has 0 fully saturated rings. The molecule has 3 N–H and O–H groups in total. The second-order valence-corrected chi connectivity index (χ2v) is 5.44. The van der Waals surface area contributed by atoms with E-state index >= 15 is 0 Å². The van der Waals surface area contributed by atoms with Gasteiger partial charge in [-0.15, -0.1) is 0 Å². The van der Waals surface area contributed by atoms with Crippen molar-refractivity contribution in [1.82, 2.24) is 5.32 Å². The molecule has 0 amide bonds. The Morgan fingerprint density at radius 3 is 2.50 bits per heavy atom. The van der Waals surface area contributed by atoms with E-state index in [0.29, 0.717) is 5.56 Å². The van der Waals surface area contributed by atoms with Gasteiger partial charge in [0.25, 0.3) is 0 Å². The van der Waals surface area contributed by atoms with Crippen LogP contribution in [0.5, 0.6) is 0 Å². The lowest BCUT2D eigenvalue weighted by atomic mass is 10.1. The van der Waals surface area contributed by atoms with Crippen molar-refractivity contribution in [1.29, 1.82) is 0 Å². The van der Waals surface area contributed by atoms with Crippen molar-refractivity contribution in [2.45, 2.75) is 33.2 Å². The van der Waals surface area contributed by atoms with Gasteiger partial charge in [-0.2, -0.15) is 0 Å². The first kappa shape index (κ1) is 14.5. The van der Waals surface area contributed by atoms with Gasteiger partial charge in [-0.25, -0.2) is 4.79 Å². The molecule has 1 aromatic carbocycles. The van der Waals surface area contributed by atoms with Crippen LogP contribution in [-0.2, 0) is 0 Å². The average molecular weight is 250 g/mol. The van der Waals surface area contributed by atoms with E-state index in [-0.39, 0.29) is 5.54 Å². The molecular formula is C14H22N2O2. The van der Waals surface area contributed by atoms with Gasteiger partial charge in [0.1, 0.15) is 0 Å². The van der Waals surface area contributed by atoms with Crippen molar-refractivity contribution in [3.63, 3.8) is 0 Å². The van der Waals surface area contributed by atoms with Crippen LogP contribution in [0.1, 0.15) is 36.7 Å². The molecule has 0 aliphatic rings. The van der Waals surface area contributed by atoms with E-state index in [0.717, 1.165) is 24.3 Å². The lowest BCUT2D eigenvalue weighted by Crippen LogP contribution is -2.38. The van der Waals surface area contributed by atoms with Gasteiger partial charge < -0.3 is 15.7 Å². The van der Waals surface area contributed by atoms with Gasteiger partial charge >= 0.3 is 5.97 Å². The third-order valence-electron chi connectivity index (χ3n) is 2.58. The molecule has 0 saturated carbocycles. The second-order valence-electron chi connectivity index (χ2n) is 5.44. The molecule has 0 aliphatic carbocycles. The smallest absolute Gasteiger partial charge is 0.335 e. The Bertz CT molecular complexity index is 422. The summed E-state index contributed by atoms with van der Waals surface area (Å²) in [5.41, 5.74) is 2.34. The van der Waals surface area contributed by atoms with Crippen LogP contribution in [-0.4, -0.2) is 29.7 Å². The fraction of sp³-hybridized carbons (Fsp3) is 0.500. The monoisotopic (exact) mass is 250 g/mol. The minimum absolute atomic E-state index is 0.0969. The maximum absolute atomic E-state index is 10.9. The van der Waals surface area contributed by atoms with Crippen molar-refractivity contribution < 1.29 is 9.90 Å². The maximum atomic E-state index is 10.9. The molecule has 18 heavy (non-hydrogen) atoms. The van der Waals surface area contributed by atoms with Gasteiger partial charge in [0.2, 0.25) is 0 Å². The highest BCUT2D eigenvalue weighted by Gasteiger charge is 2.08. The molecule has 0 saturated heterocycles. The predicted molar refractivity (Wildman–Crippen MR) is 74.4 cm³/mol. The van der Waals surface area contributed by atoms with Crippen molar-refractivity contribution in [3.8, 4) is 0 Å². The number of aryl methyl sites for hydroxylation is 1. The van der Waals surface area contributed by atoms with Crippen LogP contribution in [0.4, 0.5) is 5.69 Å². The van der Waals surface area contributed by atoms with E-state index in [9.17, 15) is 4.79 Å². The zero-order valence-electron chi connectivity index (χ0n) is 11.5. The Balaban J connectivity index is 2.56. The fourth-order valence-electron chi connectivity index (χ4n) is 1.58. The first-order valence-electron chi connectivity index (χ1n) is 6.12. The Kier molecular flexibility index (Phi) is 4.73. The summed E-state index contributed by atoms with van der Waals surface area (Å²) in [6, 6.07) is 5.12.